The first-order valence-electron chi connectivity index (χ1n) is 5.21. The number of hydrogen-bond acceptors (Lipinski definition) is 3. The molecule has 2 aromatic rings. The van der Waals surface area contributed by atoms with Crippen LogP contribution in [0.5, 0.6) is 0 Å². The number of aryl methyl sites for hydroxylation is 1. The lowest BCUT2D eigenvalue weighted by atomic mass is 10.1. The van der Waals surface area contributed by atoms with Gasteiger partial charge in [-0.25, -0.2) is 4.98 Å². The van der Waals surface area contributed by atoms with Crippen LogP contribution < -0.4 is 5.73 Å². The molecule has 1 unspecified atom stereocenters. The molecule has 80 valence electrons. The zero-order valence-electron chi connectivity index (χ0n) is 9.32. The molecule has 1 aromatic carbocycles. The van der Waals surface area contributed by atoms with Gasteiger partial charge in [-0.3, -0.25) is 0 Å². The van der Waals surface area contributed by atoms with E-state index in [4.69, 9.17) is 10.2 Å². The largest absolute Gasteiger partial charge is 0.439 e. The van der Waals surface area contributed by atoms with Crippen molar-refractivity contribution in [2.75, 3.05) is 0 Å². The van der Waals surface area contributed by atoms with Crippen molar-refractivity contribution >= 4 is 11.1 Å². The van der Waals surface area contributed by atoms with Gasteiger partial charge in [0.15, 0.2) is 5.58 Å². The normalized spacial score (nSPS) is 13.7. The summed E-state index contributed by atoms with van der Waals surface area (Å²) in [5, 5.41) is 0. The molecule has 0 amide bonds. The minimum Gasteiger partial charge on any atom is -0.439 e. The molecule has 0 aliphatic carbocycles. The number of oxazole rings is 1. The van der Waals surface area contributed by atoms with Gasteiger partial charge in [-0.1, -0.05) is 26.0 Å². The maximum absolute atomic E-state index is 6.00. The molecule has 0 saturated carbocycles. The Morgan fingerprint density at radius 1 is 1.33 bits per heavy atom. The molecule has 2 N–H and O–H groups in total. The van der Waals surface area contributed by atoms with Crippen LogP contribution in [0.2, 0.25) is 0 Å². The standard InChI is InChI=1S/C12H16N2O/c1-7(2)10(13)12-14-11-8(3)5-4-6-9(11)15-12/h4-7,10H,13H2,1-3H3. The van der Waals surface area contributed by atoms with Gasteiger partial charge in [0.25, 0.3) is 0 Å². The summed E-state index contributed by atoms with van der Waals surface area (Å²) in [4.78, 5) is 4.44. The lowest BCUT2D eigenvalue weighted by Crippen LogP contribution is -2.16. The lowest BCUT2D eigenvalue weighted by Gasteiger charge is -2.10. The van der Waals surface area contributed by atoms with E-state index < -0.39 is 0 Å². The SMILES string of the molecule is Cc1cccc2oc(C(N)C(C)C)nc12. The van der Waals surface area contributed by atoms with E-state index >= 15 is 0 Å². The first-order valence-corrected chi connectivity index (χ1v) is 5.21. The van der Waals surface area contributed by atoms with Crippen LogP contribution in [0.3, 0.4) is 0 Å². The molecule has 0 fully saturated rings. The highest BCUT2D eigenvalue weighted by atomic mass is 16.3. The number of para-hydroxylation sites is 1. The molecular formula is C12H16N2O. The predicted molar refractivity (Wildman–Crippen MR) is 60.5 cm³/mol. The highest BCUT2D eigenvalue weighted by molar-refractivity contribution is 5.76. The zero-order valence-corrected chi connectivity index (χ0v) is 9.32. The lowest BCUT2D eigenvalue weighted by molar-refractivity contribution is 0.403. The Morgan fingerprint density at radius 3 is 2.67 bits per heavy atom. The number of rotatable bonds is 2. The van der Waals surface area contributed by atoms with E-state index in [1.54, 1.807) is 0 Å². The summed E-state index contributed by atoms with van der Waals surface area (Å²) in [5.41, 5.74) is 8.86. The molecule has 15 heavy (non-hydrogen) atoms. The summed E-state index contributed by atoms with van der Waals surface area (Å²) < 4.78 is 5.64. The third kappa shape index (κ3) is 1.75. The van der Waals surface area contributed by atoms with E-state index in [2.05, 4.69) is 18.8 Å². The Morgan fingerprint density at radius 2 is 2.07 bits per heavy atom. The maximum atomic E-state index is 6.00. The number of nitrogens with zero attached hydrogens (tertiary/aromatic N) is 1. The van der Waals surface area contributed by atoms with Gasteiger partial charge in [-0.05, 0) is 24.5 Å². The molecule has 3 nitrogen and oxygen atoms in total. The minimum absolute atomic E-state index is 0.128. The summed E-state index contributed by atoms with van der Waals surface area (Å²) in [5.74, 6) is 0.965. The molecule has 1 atom stereocenters. The Hall–Kier alpha value is -1.35. The summed E-state index contributed by atoms with van der Waals surface area (Å²) in [6.07, 6.45) is 0. The van der Waals surface area contributed by atoms with Crippen molar-refractivity contribution in [2.24, 2.45) is 11.7 Å². The Labute approximate surface area is 89.3 Å². The van der Waals surface area contributed by atoms with Gasteiger partial charge in [0.2, 0.25) is 5.89 Å². The molecule has 0 spiro atoms. The smallest absolute Gasteiger partial charge is 0.212 e. The average Bonchev–Trinajstić information content (AvgIpc) is 2.61. The van der Waals surface area contributed by atoms with Crippen molar-refractivity contribution in [1.29, 1.82) is 0 Å². The number of benzene rings is 1. The summed E-state index contributed by atoms with van der Waals surface area (Å²) in [7, 11) is 0. The van der Waals surface area contributed by atoms with E-state index in [0.29, 0.717) is 11.8 Å². The fraction of sp³-hybridized carbons (Fsp3) is 0.417. The monoisotopic (exact) mass is 204 g/mol. The van der Waals surface area contributed by atoms with Crippen LogP contribution in [0.25, 0.3) is 11.1 Å². The van der Waals surface area contributed by atoms with Crippen molar-refractivity contribution < 1.29 is 4.42 Å². The van der Waals surface area contributed by atoms with Gasteiger partial charge in [-0.2, -0.15) is 0 Å². The van der Waals surface area contributed by atoms with Crippen LogP contribution in [0.1, 0.15) is 31.3 Å². The predicted octanol–water partition coefficient (Wildman–Crippen LogP) is 2.79. The van der Waals surface area contributed by atoms with Crippen molar-refractivity contribution in [3.05, 3.63) is 29.7 Å². The maximum Gasteiger partial charge on any atom is 0.212 e. The number of hydrogen-bond donors (Lipinski definition) is 1. The second-order valence-corrected chi connectivity index (χ2v) is 4.24. The third-order valence-corrected chi connectivity index (χ3v) is 2.64. The highest BCUT2D eigenvalue weighted by Crippen LogP contribution is 2.24. The van der Waals surface area contributed by atoms with Gasteiger partial charge in [-0.15, -0.1) is 0 Å². The molecule has 0 aliphatic heterocycles. The van der Waals surface area contributed by atoms with Gasteiger partial charge in [0.1, 0.15) is 5.52 Å². The summed E-state index contributed by atoms with van der Waals surface area (Å²) in [6, 6.07) is 5.78. The molecule has 1 aromatic heterocycles. The zero-order chi connectivity index (χ0) is 11.0. The van der Waals surface area contributed by atoms with E-state index in [1.807, 2.05) is 25.1 Å². The van der Waals surface area contributed by atoms with Crippen LogP contribution >= 0.6 is 0 Å². The van der Waals surface area contributed by atoms with E-state index in [-0.39, 0.29) is 6.04 Å². The molecule has 0 saturated heterocycles. The fourth-order valence-corrected chi connectivity index (χ4v) is 1.53. The number of nitrogens with two attached hydrogens (primary N) is 1. The number of aromatic nitrogens is 1. The third-order valence-electron chi connectivity index (χ3n) is 2.64. The van der Waals surface area contributed by atoms with Gasteiger partial charge >= 0.3 is 0 Å². The molecule has 2 rings (SSSR count). The van der Waals surface area contributed by atoms with Crippen molar-refractivity contribution in [1.82, 2.24) is 4.98 Å². The fourth-order valence-electron chi connectivity index (χ4n) is 1.53. The van der Waals surface area contributed by atoms with Gasteiger partial charge < -0.3 is 10.2 Å². The summed E-state index contributed by atoms with van der Waals surface area (Å²) in [6.45, 7) is 6.15. The number of fused-ring (bicyclic) bond motifs is 1. The Kier molecular flexibility index (Phi) is 2.49. The van der Waals surface area contributed by atoms with Crippen LogP contribution in [0.15, 0.2) is 22.6 Å². The first-order chi connectivity index (χ1) is 7.09. The molecule has 1 heterocycles. The van der Waals surface area contributed by atoms with Crippen LogP contribution in [-0.4, -0.2) is 4.98 Å². The van der Waals surface area contributed by atoms with Gasteiger partial charge in [0, 0.05) is 0 Å². The Balaban J connectivity index is 2.52. The van der Waals surface area contributed by atoms with Crippen LogP contribution in [-0.2, 0) is 0 Å². The van der Waals surface area contributed by atoms with Crippen molar-refractivity contribution in [3.8, 4) is 0 Å². The second-order valence-electron chi connectivity index (χ2n) is 4.24. The molecule has 0 bridgehead atoms. The second kappa shape index (κ2) is 3.66. The topological polar surface area (TPSA) is 52.0 Å². The van der Waals surface area contributed by atoms with Crippen molar-refractivity contribution in [3.63, 3.8) is 0 Å². The van der Waals surface area contributed by atoms with E-state index in [9.17, 15) is 0 Å². The molecule has 0 radical (unpaired) electrons. The highest BCUT2D eigenvalue weighted by Gasteiger charge is 2.17. The first kappa shape index (κ1) is 10.2. The minimum atomic E-state index is -0.128. The van der Waals surface area contributed by atoms with Crippen molar-refractivity contribution in [2.45, 2.75) is 26.8 Å². The average molecular weight is 204 g/mol. The van der Waals surface area contributed by atoms with E-state index in [0.717, 1.165) is 16.7 Å². The summed E-state index contributed by atoms with van der Waals surface area (Å²) >= 11 is 0. The van der Waals surface area contributed by atoms with E-state index in [1.165, 1.54) is 0 Å². The van der Waals surface area contributed by atoms with Crippen LogP contribution in [0, 0.1) is 12.8 Å². The quantitative estimate of drug-likeness (QED) is 0.818. The van der Waals surface area contributed by atoms with Crippen LogP contribution in [0.4, 0.5) is 0 Å². The van der Waals surface area contributed by atoms with Gasteiger partial charge in [0.05, 0.1) is 6.04 Å². The Bertz CT molecular complexity index is 473. The molecule has 3 heteroatoms. The molecule has 0 aliphatic rings. The molecular weight excluding hydrogens is 188 g/mol.